The summed E-state index contributed by atoms with van der Waals surface area (Å²) in [5, 5.41) is 0. The van der Waals surface area contributed by atoms with Gasteiger partial charge < -0.3 is 10.5 Å². The fourth-order valence-electron chi connectivity index (χ4n) is 1.97. The highest BCUT2D eigenvalue weighted by molar-refractivity contribution is 9.10. The predicted octanol–water partition coefficient (Wildman–Crippen LogP) is 4.58. The fraction of sp³-hybridized carbons (Fsp3) is 0.250. The minimum absolute atomic E-state index is 0.0502. The van der Waals surface area contributed by atoms with Crippen LogP contribution in [0.3, 0.4) is 0 Å². The number of rotatable bonds is 4. The topological polar surface area (TPSA) is 35.2 Å². The molecule has 0 spiro atoms. The summed E-state index contributed by atoms with van der Waals surface area (Å²) < 4.78 is 20.7. The summed E-state index contributed by atoms with van der Waals surface area (Å²) in [5.74, 6) is 0.497. The Balaban J connectivity index is 2.34. The number of aryl methyl sites for hydroxylation is 1. The first-order chi connectivity index (χ1) is 9.47. The number of nitrogens with two attached hydrogens (primary N) is 1. The third-order valence-electron chi connectivity index (χ3n) is 2.94. The van der Waals surface area contributed by atoms with Crippen LogP contribution in [0.4, 0.5) is 4.39 Å². The van der Waals surface area contributed by atoms with E-state index in [0.29, 0.717) is 12.2 Å². The minimum atomic E-state index is -0.372. The smallest absolute Gasteiger partial charge is 0.166 e. The van der Waals surface area contributed by atoms with Crippen molar-refractivity contribution >= 4 is 15.9 Å². The monoisotopic (exact) mass is 337 g/mol. The number of hydrogen-bond donors (Lipinski definition) is 1. The summed E-state index contributed by atoms with van der Waals surface area (Å²) in [5.41, 5.74) is 7.61. The maximum absolute atomic E-state index is 14.0. The molecule has 2 rings (SSSR count). The van der Waals surface area contributed by atoms with Crippen LogP contribution >= 0.6 is 15.9 Å². The molecule has 2 nitrogen and oxygen atoms in total. The quantitative estimate of drug-likeness (QED) is 0.886. The van der Waals surface area contributed by atoms with Crippen molar-refractivity contribution in [2.75, 3.05) is 0 Å². The first kappa shape index (κ1) is 15.0. The summed E-state index contributed by atoms with van der Waals surface area (Å²) in [7, 11) is 0. The summed E-state index contributed by atoms with van der Waals surface area (Å²) in [6.45, 7) is 3.85. The van der Waals surface area contributed by atoms with Crippen LogP contribution in [0.15, 0.2) is 40.9 Å². The van der Waals surface area contributed by atoms with E-state index in [1.807, 2.05) is 32.0 Å². The summed E-state index contributed by atoms with van der Waals surface area (Å²) >= 11 is 3.43. The van der Waals surface area contributed by atoms with Crippen LogP contribution in [-0.4, -0.2) is 6.04 Å². The molecule has 0 saturated heterocycles. The lowest BCUT2D eigenvalue weighted by atomic mass is 10.1. The maximum atomic E-state index is 14.0. The Morgan fingerprint density at radius 1 is 1.30 bits per heavy atom. The summed E-state index contributed by atoms with van der Waals surface area (Å²) in [6.07, 6.45) is 0.572. The first-order valence-electron chi connectivity index (χ1n) is 6.44. The molecule has 2 aromatic rings. The SMILES string of the molecule is Cc1cc(Oc2c(F)cccc2CC(C)N)ccc1Br. The molecule has 1 unspecified atom stereocenters. The molecule has 106 valence electrons. The first-order valence-corrected chi connectivity index (χ1v) is 7.23. The molecule has 0 amide bonds. The van der Waals surface area contributed by atoms with Crippen LogP contribution in [0.25, 0.3) is 0 Å². The predicted molar refractivity (Wildman–Crippen MR) is 82.7 cm³/mol. The van der Waals surface area contributed by atoms with Gasteiger partial charge in [0.1, 0.15) is 5.75 Å². The van der Waals surface area contributed by atoms with Crippen LogP contribution < -0.4 is 10.5 Å². The van der Waals surface area contributed by atoms with E-state index in [1.54, 1.807) is 12.1 Å². The third-order valence-corrected chi connectivity index (χ3v) is 3.83. The van der Waals surface area contributed by atoms with Crippen molar-refractivity contribution in [2.45, 2.75) is 26.3 Å². The fourth-order valence-corrected chi connectivity index (χ4v) is 2.22. The van der Waals surface area contributed by atoms with Crippen LogP contribution in [0.2, 0.25) is 0 Å². The van der Waals surface area contributed by atoms with Crippen molar-refractivity contribution < 1.29 is 9.13 Å². The number of hydrogen-bond acceptors (Lipinski definition) is 2. The van der Waals surface area contributed by atoms with Gasteiger partial charge in [-0.1, -0.05) is 28.1 Å². The van der Waals surface area contributed by atoms with Crippen molar-refractivity contribution in [1.29, 1.82) is 0 Å². The van der Waals surface area contributed by atoms with E-state index in [-0.39, 0.29) is 17.6 Å². The Bertz CT molecular complexity index is 613. The number of benzene rings is 2. The molecule has 0 radical (unpaired) electrons. The Labute approximate surface area is 126 Å². The van der Waals surface area contributed by atoms with E-state index >= 15 is 0 Å². The summed E-state index contributed by atoms with van der Waals surface area (Å²) in [6, 6.07) is 10.4. The van der Waals surface area contributed by atoms with Crippen LogP contribution in [0, 0.1) is 12.7 Å². The zero-order chi connectivity index (χ0) is 14.7. The van der Waals surface area contributed by atoms with E-state index in [1.165, 1.54) is 6.07 Å². The standard InChI is InChI=1S/C16H17BrFNO/c1-10-8-13(6-7-14(10)17)20-16-12(9-11(2)19)4-3-5-15(16)18/h3-8,11H,9,19H2,1-2H3. The molecule has 0 heterocycles. The van der Waals surface area contributed by atoms with Gasteiger partial charge in [-0.3, -0.25) is 0 Å². The molecule has 0 aromatic heterocycles. The van der Waals surface area contributed by atoms with Crippen molar-refractivity contribution in [3.8, 4) is 11.5 Å². The minimum Gasteiger partial charge on any atom is -0.454 e. The van der Waals surface area contributed by atoms with Gasteiger partial charge in [-0.2, -0.15) is 0 Å². The second-order valence-corrected chi connectivity index (χ2v) is 5.78. The number of ether oxygens (including phenoxy) is 1. The highest BCUT2D eigenvalue weighted by atomic mass is 79.9. The molecule has 0 aliphatic carbocycles. The van der Waals surface area contributed by atoms with E-state index in [0.717, 1.165) is 15.6 Å². The van der Waals surface area contributed by atoms with E-state index < -0.39 is 0 Å². The largest absolute Gasteiger partial charge is 0.454 e. The van der Waals surface area contributed by atoms with E-state index in [2.05, 4.69) is 15.9 Å². The Morgan fingerprint density at radius 2 is 2.05 bits per heavy atom. The molecular weight excluding hydrogens is 321 g/mol. The van der Waals surface area contributed by atoms with Crippen molar-refractivity contribution in [1.82, 2.24) is 0 Å². The van der Waals surface area contributed by atoms with Crippen molar-refractivity contribution in [3.63, 3.8) is 0 Å². The van der Waals surface area contributed by atoms with Gasteiger partial charge in [0.2, 0.25) is 0 Å². The van der Waals surface area contributed by atoms with E-state index in [9.17, 15) is 4.39 Å². The van der Waals surface area contributed by atoms with Gasteiger partial charge >= 0.3 is 0 Å². The second-order valence-electron chi connectivity index (χ2n) is 4.92. The molecule has 0 aliphatic rings. The zero-order valence-corrected chi connectivity index (χ0v) is 13.1. The molecular formula is C16H17BrFNO. The lowest BCUT2D eigenvalue weighted by Crippen LogP contribution is -2.18. The third kappa shape index (κ3) is 3.58. The van der Waals surface area contributed by atoms with Gasteiger partial charge in [0, 0.05) is 10.5 Å². The zero-order valence-electron chi connectivity index (χ0n) is 11.5. The lowest BCUT2D eigenvalue weighted by molar-refractivity contribution is 0.434. The molecule has 2 N–H and O–H groups in total. The molecule has 4 heteroatoms. The Morgan fingerprint density at radius 3 is 2.70 bits per heavy atom. The van der Waals surface area contributed by atoms with Crippen molar-refractivity contribution in [2.24, 2.45) is 5.73 Å². The molecule has 0 fully saturated rings. The Kier molecular flexibility index (Phi) is 4.78. The molecule has 0 aliphatic heterocycles. The van der Waals surface area contributed by atoms with Gasteiger partial charge in [-0.05, 0) is 55.7 Å². The average molecular weight is 338 g/mol. The van der Waals surface area contributed by atoms with Gasteiger partial charge in [-0.25, -0.2) is 4.39 Å². The molecule has 2 aromatic carbocycles. The highest BCUT2D eigenvalue weighted by Crippen LogP contribution is 2.31. The molecule has 1 atom stereocenters. The van der Waals surface area contributed by atoms with Gasteiger partial charge in [0.05, 0.1) is 0 Å². The van der Waals surface area contributed by atoms with E-state index in [4.69, 9.17) is 10.5 Å². The molecule has 0 saturated carbocycles. The molecule has 20 heavy (non-hydrogen) atoms. The van der Waals surface area contributed by atoms with Crippen molar-refractivity contribution in [3.05, 3.63) is 57.8 Å². The lowest BCUT2D eigenvalue weighted by Gasteiger charge is -2.14. The summed E-state index contributed by atoms with van der Waals surface area (Å²) in [4.78, 5) is 0. The maximum Gasteiger partial charge on any atom is 0.166 e. The van der Waals surface area contributed by atoms with Crippen LogP contribution in [-0.2, 0) is 6.42 Å². The van der Waals surface area contributed by atoms with Crippen LogP contribution in [0.5, 0.6) is 11.5 Å². The highest BCUT2D eigenvalue weighted by Gasteiger charge is 2.12. The van der Waals surface area contributed by atoms with Gasteiger partial charge in [0.15, 0.2) is 11.6 Å². The molecule has 0 bridgehead atoms. The Hall–Kier alpha value is -1.39. The van der Waals surface area contributed by atoms with Crippen LogP contribution in [0.1, 0.15) is 18.1 Å². The van der Waals surface area contributed by atoms with Gasteiger partial charge in [-0.15, -0.1) is 0 Å². The van der Waals surface area contributed by atoms with Gasteiger partial charge in [0.25, 0.3) is 0 Å². The number of halogens is 2. The normalized spacial score (nSPS) is 12.2. The average Bonchev–Trinajstić information content (AvgIpc) is 2.37. The second kappa shape index (κ2) is 6.37. The number of para-hydroxylation sites is 1.